The molecular formula is C22H20N2+2. The van der Waals surface area contributed by atoms with Crippen LogP contribution in [0.15, 0.2) is 85.2 Å². The van der Waals surface area contributed by atoms with E-state index in [-0.39, 0.29) is 0 Å². The first-order chi connectivity index (χ1) is 11.7. The number of hydrogen-bond acceptors (Lipinski definition) is 0. The van der Waals surface area contributed by atoms with Gasteiger partial charge in [-0.15, -0.1) is 0 Å². The quantitative estimate of drug-likeness (QED) is 0.497. The highest BCUT2D eigenvalue weighted by atomic mass is 14.9. The van der Waals surface area contributed by atoms with Crippen LogP contribution in [0.5, 0.6) is 0 Å². The van der Waals surface area contributed by atoms with Crippen molar-refractivity contribution in [3.8, 4) is 22.5 Å². The standard InChI is InChI=1S/C22H20N2/c1-23-15-20-16-24(2)22(18-11-7-4-8-12-18)14-19(20)13-21(23)17-9-5-3-6-10-17/h3-16H,1-2H3/q+2. The molecule has 0 unspecified atom stereocenters. The van der Waals surface area contributed by atoms with E-state index in [4.69, 9.17) is 0 Å². The van der Waals surface area contributed by atoms with Crippen LogP contribution in [0.1, 0.15) is 0 Å². The third kappa shape index (κ3) is 2.56. The molecule has 2 aromatic heterocycles. The summed E-state index contributed by atoms with van der Waals surface area (Å²) in [6.07, 6.45) is 4.40. The van der Waals surface area contributed by atoms with Crippen molar-refractivity contribution in [3.63, 3.8) is 0 Å². The van der Waals surface area contributed by atoms with Crippen molar-refractivity contribution in [2.45, 2.75) is 0 Å². The highest BCUT2D eigenvalue weighted by molar-refractivity contribution is 5.85. The van der Waals surface area contributed by atoms with Crippen LogP contribution in [-0.4, -0.2) is 0 Å². The van der Waals surface area contributed by atoms with Gasteiger partial charge in [-0.2, -0.15) is 0 Å². The molecule has 0 radical (unpaired) electrons. The van der Waals surface area contributed by atoms with Crippen LogP contribution in [0.25, 0.3) is 33.3 Å². The summed E-state index contributed by atoms with van der Waals surface area (Å²) in [4.78, 5) is 0. The van der Waals surface area contributed by atoms with E-state index < -0.39 is 0 Å². The summed E-state index contributed by atoms with van der Waals surface area (Å²) < 4.78 is 4.39. The smallest absolute Gasteiger partial charge is 0.200 e. The lowest BCUT2D eigenvalue weighted by molar-refractivity contribution is -0.664. The number of fused-ring (bicyclic) bond motifs is 1. The Labute approximate surface area is 142 Å². The van der Waals surface area contributed by atoms with Gasteiger partial charge in [-0.05, 0) is 24.3 Å². The molecular weight excluding hydrogens is 292 g/mol. The molecule has 0 atom stereocenters. The molecule has 0 saturated carbocycles. The minimum atomic E-state index is 1.22. The lowest BCUT2D eigenvalue weighted by Crippen LogP contribution is -2.33. The van der Waals surface area contributed by atoms with Crippen LogP contribution in [-0.2, 0) is 14.1 Å². The van der Waals surface area contributed by atoms with Crippen molar-refractivity contribution in [2.75, 3.05) is 0 Å². The van der Waals surface area contributed by atoms with E-state index in [0.29, 0.717) is 0 Å². The number of hydrogen-bond donors (Lipinski definition) is 0. The molecule has 2 heterocycles. The van der Waals surface area contributed by atoms with Crippen molar-refractivity contribution < 1.29 is 9.13 Å². The maximum atomic E-state index is 2.27. The largest absolute Gasteiger partial charge is 0.212 e. The summed E-state index contributed by atoms with van der Waals surface area (Å²) in [5.74, 6) is 0. The van der Waals surface area contributed by atoms with Gasteiger partial charge in [0.05, 0.1) is 0 Å². The van der Waals surface area contributed by atoms with Crippen molar-refractivity contribution in [1.29, 1.82) is 0 Å². The Morgan fingerprint density at radius 2 is 0.958 bits per heavy atom. The number of pyridine rings is 2. The molecule has 0 N–H and O–H groups in total. The van der Waals surface area contributed by atoms with Crippen LogP contribution in [0.2, 0.25) is 0 Å². The average molecular weight is 312 g/mol. The Kier molecular flexibility index (Phi) is 3.58. The second-order valence-corrected chi connectivity index (χ2v) is 6.18. The summed E-state index contributed by atoms with van der Waals surface area (Å²) in [6.45, 7) is 0. The molecule has 0 aliphatic rings. The summed E-state index contributed by atoms with van der Waals surface area (Å²) >= 11 is 0. The predicted molar refractivity (Wildman–Crippen MR) is 97.2 cm³/mol. The van der Waals surface area contributed by atoms with E-state index in [2.05, 4.69) is 108 Å². The van der Waals surface area contributed by atoms with Gasteiger partial charge in [0.25, 0.3) is 0 Å². The molecule has 2 nitrogen and oxygen atoms in total. The highest BCUT2D eigenvalue weighted by Crippen LogP contribution is 2.23. The molecule has 0 aliphatic carbocycles. The number of aryl methyl sites for hydroxylation is 2. The second kappa shape index (κ2) is 5.89. The molecule has 4 rings (SSSR count). The molecule has 0 spiro atoms. The van der Waals surface area contributed by atoms with Gasteiger partial charge in [0.2, 0.25) is 11.4 Å². The lowest BCUT2D eigenvalue weighted by atomic mass is 10.0. The summed E-state index contributed by atoms with van der Waals surface area (Å²) in [5.41, 5.74) is 4.90. The predicted octanol–water partition coefficient (Wildman–Crippen LogP) is 3.82. The number of aromatic nitrogens is 2. The summed E-state index contributed by atoms with van der Waals surface area (Å²) in [5, 5.41) is 2.49. The lowest BCUT2D eigenvalue weighted by Gasteiger charge is -2.05. The van der Waals surface area contributed by atoms with Gasteiger partial charge < -0.3 is 0 Å². The SMILES string of the molecule is C[n+]1cc2c[n+](C)c(-c3ccccc3)cc2cc1-c1ccccc1. The van der Waals surface area contributed by atoms with Gasteiger partial charge >= 0.3 is 0 Å². The van der Waals surface area contributed by atoms with Crippen LogP contribution in [0.4, 0.5) is 0 Å². The van der Waals surface area contributed by atoms with Crippen molar-refractivity contribution in [1.82, 2.24) is 0 Å². The molecule has 0 aliphatic heterocycles. The number of benzene rings is 2. The Hall–Kier alpha value is -3.00. The van der Waals surface area contributed by atoms with E-state index >= 15 is 0 Å². The zero-order valence-electron chi connectivity index (χ0n) is 14.0. The van der Waals surface area contributed by atoms with Crippen LogP contribution in [0.3, 0.4) is 0 Å². The topological polar surface area (TPSA) is 7.76 Å². The van der Waals surface area contributed by atoms with Crippen LogP contribution in [0, 0.1) is 0 Å². The Morgan fingerprint density at radius 3 is 1.38 bits per heavy atom. The average Bonchev–Trinajstić information content (AvgIpc) is 2.62. The third-order valence-corrected chi connectivity index (χ3v) is 4.48. The van der Waals surface area contributed by atoms with Gasteiger partial charge in [0, 0.05) is 28.6 Å². The maximum absolute atomic E-state index is 2.27. The van der Waals surface area contributed by atoms with Gasteiger partial charge in [-0.25, -0.2) is 9.13 Å². The molecule has 0 fully saturated rings. The van der Waals surface area contributed by atoms with Crippen molar-refractivity contribution in [2.24, 2.45) is 14.1 Å². The first-order valence-electron chi connectivity index (χ1n) is 8.16. The van der Waals surface area contributed by atoms with Crippen molar-refractivity contribution >= 4 is 10.8 Å². The minimum absolute atomic E-state index is 1.22. The Morgan fingerprint density at radius 1 is 0.542 bits per heavy atom. The molecule has 0 bridgehead atoms. The first kappa shape index (κ1) is 14.6. The van der Waals surface area contributed by atoms with Gasteiger partial charge in [0.15, 0.2) is 12.4 Å². The third-order valence-electron chi connectivity index (χ3n) is 4.48. The molecule has 0 saturated heterocycles. The van der Waals surface area contributed by atoms with Crippen LogP contribution >= 0.6 is 0 Å². The Bertz CT molecular complexity index is 926. The zero-order valence-corrected chi connectivity index (χ0v) is 14.0. The minimum Gasteiger partial charge on any atom is -0.200 e. The molecule has 2 heteroatoms. The van der Waals surface area contributed by atoms with E-state index in [9.17, 15) is 0 Å². The summed E-state index contributed by atoms with van der Waals surface area (Å²) in [7, 11) is 4.21. The zero-order chi connectivity index (χ0) is 16.5. The normalized spacial score (nSPS) is 10.9. The fourth-order valence-corrected chi connectivity index (χ4v) is 3.24. The molecule has 4 aromatic rings. The first-order valence-corrected chi connectivity index (χ1v) is 8.16. The fraction of sp³-hybridized carbons (Fsp3) is 0.0909. The fourth-order valence-electron chi connectivity index (χ4n) is 3.24. The molecule has 116 valence electrons. The highest BCUT2D eigenvalue weighted by Gasteiger charge is 2.17. The summed E-state index contributed by atoms with van der Waals surface area (Å²) in [6, 6.07) is 25.6. The number of nitrogens with zero attached hydrogens (tertiary/aromatic N) is 2. The van der Waals surface area contributed by atoms with Crippen LogP contribution < -0.4 is 9.13 Å². The van der Waals surface area contributed by atoms with E-state index in [1.165, 1.54) is 33.3 Å². The molecule has 2 aromatic carbocycles. The van der Waals surface area contributed by atoms with E-state index in [0.717, 1.165) is 0 Å². The van der Waals surface area contributed by atoms with E-state index in [1.807, 2.05) is 0 Å². The Balaban J connectivity index is 1.94. The second-order valence-electron chi connectivity index (χ2n) is 6.18. The van der Waals surface area contributed by atoms with E-state index in [1.54, 1.807) is 0 Å². The van der Waals surface area contributed by atoms with Gasteiger partial charge in [0.1, 0.15) is 19.5 Å². The van der Waals surface area contributed by atoms with Crippen molar-refractivity contribution in [3.05, 3.63) is 85.2 Å². The monoisotopic (exact) mass is 312 g/mol. The number of rotatable bonds is 2. The maximum Gasteiger partial charge on any atom is 0.212 e. The molecule has 24 heavy (non-hydrogen) atoms. The van der Waals surface area contributed by atoms with Gasteiger partial charge in [-0.1, -0.05) is 36.4 Å². The van der Waals surface area contributed by atoms with Gasteiger partial charge in [-0.3, -0.25) is 0 Å². The molecule has 0 amide bonds.